The van der Waals surface area contributed by atoms with Crippen LogP contribution in [-0.4, -0.2) is 57.6 Å². The molecular weight excluding hydrogens is 450 g/mol. The van der Waals surface area contributed by atoms with Crippen LogP contribution < -0.4 is 10.0 Å². The molecule has 2 aromatic carbocycles. The zero-order chi connectivity index (χ0) is 22.6. The summed E-state index contributed by atoms with van der Waals surface area (Å²) in [7, 11) is -3.71. The Labute approximate surface area is 194 Å². The topological polar surface area (TPSA) is 87.7 Å². The number of benzene rings is 2. The molecule has 2 fully saturated rings. The number of likely N-dealkylation sites (tertiary alicyclic amines) is 1. The van der Waals surface area contributed by atoms with Crippen LogP contribution in [0.3, 0.4) is 0 Å². The van der Waals surface area contributed by atoms with Crippen molar-refractivity contribution in [2.75, 3.05) is 31.6 Å². The van der Waals surface area contributed by atoms with Gasteiger partial charge in [-0.1, -0.05) is 29.8 Å². The molecule has 1 atom stereocenters. The first-order valence-corrected chi connectivity index (χ1v) is 12.8. The van der Waals surface area contributed by atoms with Crippen molar-refractivity contribution in [2.24, 2.45) is 0 Å². The number of rotatable bonds is 7. The number of halogens is 1. The standard InChI is InChI=1S/C23H28ClN3O4S/c24-21-8-1-2-9-22(21)26-18-10-12-27(13-11-18)23(28)17-5-3-7-20(15-17)32(29,30)25-16-19-6-4-14-31-19/h1-3,5,7-9,15,18-19,25-26H,4,6,10-14,16H2/t19-/m0/s1. The average molecular weight is 478 g/mol. The Morgan fingerprint density at radius 3 is 2.59 bits per heavy atom. The fourth-order valence-electron chi connectivity index (χ4n) is 4.10. The third kappa shape index (κ3) is 5.61. The molecule has 0 radical (unpaired) electrons. The number of carbonyl (C=O) groups is 1. The van der Waals surface area contributed by atoms with Crippen molar-refractivity contribution in [3.05, 3.63) is 59.1 Å². The van der Waals surface area contributed by atoms with E-state index in [0.717, 1.165) is 31.4 Å². The molecule has 7 nitrogen and oxygen atoms in total. The van der Waals surface area contributed by atoms with Crippen LogP contribution >= 0.6 is 11.6 Å². The molecular formula is C23H28ClN3O4S. The second-order valence-corrected chi connectivity index (χ2v) is 10.4. The van der Waals surface area contributed by atoms with Gasteiger partial charge in [-0.15, -0.1) is 0 Å². The predicted octanol–water partition coefficient (Wildman–Crippen LogP) is 3.51. The normalized spacial score (nSPS) is 19.8. The minimum atomic E-state index is -3.71. The van der Waals surface area contributed by atoms with E-state index in [4.69, 9.17) is 16.3 Å². The van der Waals surface area contributed by atoms with Gasteiger partial charge in [0.15, 0.2) is 0 Å². The summed E-state index contributed by atoms with van der Waals surface area (Å²) in [5.41, 5.74) is 1.27. The Bertz CT molecular complexity index is 1050. The number of carbonyl (C=O) groups excluding carboxylic acids is 1. The maximum Gasteiger partial charge on any atom is 0.253 e. The largest absolute Gasteiger partial charge is 0.381 e. The van der Waals surface area contributed by atoms with E-state index in [2.05, 4.69) is 10.0 Å². The van der Waals surface area contributed by atoms with Crippen LogP contribution in [0.2, 0.25) is 5.02 Å². The van der Waals surface area contributed by atoms with Gasteiger partial charge >= 0.3 is 0 Å². The molecule has 2 N–H and O–H groups in total. The lowest BCUT2D eigenvalue weighted by Crippen LogP contribution is -2.42. The maximum atomic E-state index is 13.0. The third-order valence-electron chi connectivity index (χ3n) is 5.93. The lowest BCUT2D eigenvalue weighted by atomic mass is 10.0. The van der Waals surface area contributed by atoms with Crippen molar-refractivity contribution in [3.63, 3.8) is 0 Å². The molecule has 2 aliphatic rings. The number of hydrogen-bond donors (Lipinski definition) is 2. The average Bonchev–Trinajstić information content (AvgIpc) is 3.33. The van der Waals surface area contributed by atoms with E-state index >= 15 is 0 Å². The number of nitrogens with zero attached hydrogens (tertiary/aromatic N) is 1. The number of sulfonamides is 1. The van der Waals surface area contributed by atoms with E-state index in [1.165, 1.54) is 12.1 Å². The van der Waals surface area contributed by atoms with Gasteiger partial charge in [0.2, 0.25) is 10.0 Å². The molecule has 2 saturated heterocycles. The summed E-state index contributed by atoms with van der Waals surface area (Å²) in [6.07, 6.45) is 3.29. The Morgan fingerprint density at radius 2 is 1.88 bits per heavy atom. The zero-order valence-corrected chi connectivity index (χ0v) is 19.4. The minimum Gasteiger partial charge on any atom is -0.381 e. The van der Waals surface area contributed by atoms with Gasteiger partial charge in [0.1, 0.15) is 0 Å². The Hall–Kier alpha value is -2.13. The molecule has 0 unspecified atom stereocenters. The zero-order valence-electron chi connectivity index (χ0n) is 17.8. The molecule has 0 saturated carbocycles. The lowest BCUT2D eigenvalue weighted by molar-refractivity contribution is 0.0718. The summed E-state index contributed by atoms with van der Waals surface area (Å²) in [5.74, 6) is -0.155. The van der Waals surface area contributed by atoms with Crippen molar-refractivity contribution in [3.8, 4) is 0 Å². The number of anilines is 1. The van der Waals surface area contributed by atoms with Gasteiger partial charge in [-0.3, -0.25) is 4.79 Å². The van der Waals surface area contributed by atoms with Crippen molar-refractivity contribution in [1.29, 1.82) is 0 Å². The van der Waals surface area contributed by atoms with Crippen LogP contribution in [-0.2, 0) is 14.8 Å². The number of amides is 1. The van der Waals surface area contributed by atoms with E-state index in [-0.39, 0.29) is 29.5 Å². The van der Waals surface area contributed by atoms with Crippen molar-refractivity contribution in [2.45, 2.75) is 42.7 Å². The molecule has 2 aliphatic heterocycles. The summed E-state index contributed by atoms with van der Waals surface area (Å²) in [5, 5.41) is 4.12. The van der Waals surface area contributed by atoms with Crippen LogP contribution in [0.5, 0.6) is 0 Å². The highest BCUT2D eigenvalue weighted by Crippen LogP contribution is 2.25. The molecule has 9 heteroatoms. The highest BCUT2D eigenvalue weighted by molar-refractivity contribution is 7.89. The molecule has 0 bridgehead atoms. The third-order valence-corrected chi connectivity index (χ3v) is 7.68. The van der Waals surface area contributed by atoms with Crippen LogP contribution in [0.25, 0.3) is 0 Å². The molecule has 2 heterocycles. The summed E-state index contributed by atoms with van der Waals surface area (Å²) in [6.45, 7) is 2.10. The molecule has 0 aliphatic carbocycles. The number of ether oxygens (including phenoxy) is 1. The summed E-state index contributed by atoms with van der Waals surface area (Å²) >= 11 is 6.23. The molecule has 1 amide bonds. The lowest BCUT2D eigenvalue weighted by Gasteiger charge is -2.33. The first-order valence-electron chi connectivity index (χ1n) is 10.9. The van der Waals surface area contributed by atoms with Gasteiger partial charge in [0, 0.05) is 37.8 Å². The molecule has 0 aromatic heterocycles. The highest BCUT2D eigenvalue weighted by Gasteiger charge is 2.26. The molecule has 32 heavy (non-hydrogen) atoms. The Morgan fingerprint density at radius 1 is 1.09 bits per heavy atom. The van der Waals surface area contributed by atoms with E-state index in [1.807, 2.05) is 24.3 Å². The van der Waals surface area contributed by atoms with Crippen molar-refractivity contribution >= 4 is 33.2 Å². The minimum absolute atomic E-state index is 0.0877. The van der Waals surface area contributed by atoms with Gasteiger partial charge in [-0.2, -0.15) is 0 Å². The van der Waals surface area contributed by atoms with Gasteiger partial charge in [-0.25, -0.2) is 13.1 Å². The van der Waals surface area contributed by atoms with E-state index in [0.29, 0.717) is 30.3 Å². The summed E-state index contributed by atoms with van der Waals surface area (Å²) in [6, 6.07) is 14.1. The SMILES string of the molecule is O=C(c1cccc(S(=O)(=O)NC[C@@H]2CCCO2)c1)N1CCC(Nc2ccccc2Cl)CC1. The predicted molar refractivity (Wildman–Crippen MR) is 125 cm³/mol. The van der Waals surface area contributed by atoms with Crippen LogP contribution in [0.4, 0.5) is 5.69 Å². The van der Waals surface area contributed by atoms with Gasteiger partial charge in [-0.05, 0) is 56.0 Å². The Kier molecular flexibility index (Phi) is 7.35. The summed E-state index contributed by atoms with van der Waals surface area (Å²) in [4.78, 5) is 14.9. The maximum absolute atomic E-state index is 13.0. The number of piperidine rings is 1. The number of para-hydroxylation sites is 1. The highest BCUT2D eigenvalue weighted by atomic mass is 35.5. The second kappa shape index (κ2) is 10.2. The molecule has 172 valence electrons. The first-order chi connectivity index (χ1) is 15.4. The van der Waals surface area contributed by atoms with Gasteiger partial charge < -0.3 is 15.0 Å². The van der Waals surface area contributed by atoms with Crippen molar-refractivity contribution < 1.29 is 17.9 Å². The molecule has 4 rings (SSSR count). The van der Waals surface area contributed by atoms with E-state index in [9.17, 15) is 13.2 Å². The summed E-state index contributed by atoms with van der Waals surface area (Å²) < 4.78 is 33.4. The molecule has 0 spiro atoms. The number of hydrogen-bond acceptors (Lipinski definition) is 5. The smallest absolute Gasteiger partial charge is 0.253 e. The van der Waals surface area contributed by atoms with Gasteiger partial charge in [0.25, 0.3) is 5.91 Å². The van der Waals surface area contributed by atoms with E-state index in [1.54, 1.807) is 17.0 Å². The van der Waals surface area contributed by atoms with Crippen LogP contribution in [0, 0.1) is 0 Å². The molecule has 2 aromatic rings. The van der Waals surface area contributed by atoms with Crippen LogP contribution in [0.15, 0.2) is 53.4 Å². The second-order valence-electron chi connectivity index (χ2n) is 8.21. The Balaban J connectivity index is 1.35. The van der Waals surface area contributed by atoms with Crippen LogP contribution in [0.1, 0.15) is 36.0 Å². The fourth-order valence-corrected chi connectivity index (χ4v) is 5.40. The quantitative estimate of drug-likeness (QED) is 0.637. The van der Waals surface area contributed by atoms with Crippen molar-refractivity contribution in [1.82, 2.24) is 9.62 Å². The first kappa shape index (κ1) is 23.0. The fraction of sp³-hybridized carbons (Fsp3) is 0.435. The van der Waals surface area contributed by atoms with E-state index < -0.39 is 10.0 Å². The monoisotopic (exact) mass is 477 g/mol. The van der Waals surface area contributed by atoms with Gasteiger partial charge in [0.05, 0.1) is 21.7 Å². The number of nitrogens with one attached hydrogen (secondary N) is 2.